The van der Waals surface area contributed by atoms with Gasteiger partial charge < -0.3 is 4.74 Å². The molecule has 2 rings (SSSR count). The van der Waals surface area contributed by atoms with Crippen molar-refractivity contribution in [1.82, 2.24) is 0 Å². The Kier molecular flexibility index (Phi) is 3.31. The normalized spacial score (nSPS) is 9.65. The summed E-state index contributed by atoms with van der Waals surface area (Å²) in [6.07, 6.45) is 1.71. The Hall–Kier alpha value is -2.42. The van der Waals surface area contributed by atoms with Crippen LogP contribution in [0.3, 0.4) is 0 Å². The zero-order valence-corrected chi connectivity index (χ0v) is 8.92. The van der Waals surface area contributed by atoms with Gasteiger partial charge in [0.05, 0.1) is 5.56 Å². The topological polar surface area (TPSA) is 43.4 Å². The first-order chi connectivity index (χ1) is 8.31. The Labute approximate surface area is 98.7 Å². The monoisotopic (exact) mass is 225 g/mol. The molecular weight excluding hydrogens is 216 g/mol. The van der Waals surface area contributed by atoms with Crippen molar-refractivity contribution < 1.29 is 14.3 Å². The van der Waals surface area contributed by atoms with E-state index in [9.17, 15) is 9.59 Å². The molecule has 0 bridgehead atoms. The third-order valence-electron chi connectivity index (χ3n) is 2.21. The second kappa shape index (κ2) is 5.07. The fourth-order valence-corrected chi connectivity index (χ4v) is 1.40. The lowest BCUT2D eigenvalue weighted by Crippen LogP contribution is -2.11. The Balaban J connectivity index is 2.23. The van der Waals surface area contributed by atoms with Crippen LogP contribution in [0.2, 0.25) is 0 Å². The van der Waals surface area contributed by atoms with Crippen LogP contribution in [0.25, 0.3) is 0 Å². The number of para-hydroxylation sites is 1. The number of rotatable bonds is 3. The van der Waals surface area contributed by atoms with E-state index >= 15 is 0 Å². The summed E-state index contributed by atoms with van der Waals surface area (Å²) in [6, 6.07) is 15.1. The van der Waals surface area contributed by atoms with Gasteiger partial charge in [0.1, 0.15) is 5.75 Å². The third-order valence-corrected chi connectivity index (χ3v) is 2.21. The summed E-state index contributed by atoms with van der Waals surface area (Å²) in [6.45, 7) is 0. The third kappa shape index (κ3) is 2.58. The SMILES string of the molecule is O=[C]c1ccccc1C(=O)Oc1ccccc1. The average Bonchev–Trinajstić information content (AvgIpc) is 2.40. The van der Waals surface area contributed by atoms with Crippen LogP contribution in [0.1, 0.15) is 15.9 Å². The van der Waals surface area contributed by atoms with Crippen molar-refractivity contribution in [3.63, 3.8) is 0 Å². The van der Waals surface area contributed by atoms with Crippen LogP contribution < -0.4 is 4.74 Å². The summed E-state index contributed by atoms with van der Waals surface area (Å²) >= 11 is 0. The summed E-state index contributed by atoms with van der Waals surface area (Å²) in [7, 11) is 0. The van der Waals surface area contributed by atoms with Crippen molar-refractivity contribution in [2.45, 2.75) is 0 Å². The van der Waals surface area contributed by atoms with Crippen molar-refractivity contribution in [3.05, 3.63) is 65.7 Å². The van der Waals surface area contributed by atoms with Crippen molar-refractivity contribution in [3.8, 4) is 5.75 Å². The zero-order chi connectivity index (χ0) is 12.1. The highest BCUT2D eigenvalue weighted by Crippen LogP contribution is 2.13. The number of benzene rings is 2. The summed E-state index contributed by atoms with van der Waals surface area (Å²) in [4.78, 5) is 22.4. The van der Waals surface area contributed by atoms with Crippen LogP contribution in [0, 0.1) is 0 Å². The van der Waals surface area contributed by atoms with Crippen molar-refractivity contribution >= 4 is 12.3 Å². The lowest BCUT2D eigenvalue weighted by atomic mass is 10.1. The molecule has 1 radical (unpaired) electrons. The smallest absolute Gasteiger partial charge is 0.344 e. The number of hydrogen-bond donors (Lipinski definition) is 0. The highest BCUT2D eigenvalue weighted by Gasteiger charge is 2.12. The highest BCUT2D eigenvalue weighted by molar-refractivity contribution is 5.99. The molecule has 0 aliphatic carbocycles. The van der Waals surface area contributed by atoms with E-state index in [1.54, 1.807) is 42.7 Å². The van der Waals surface area contributed by atoms with E-state index in [-0.39, 0.29) is 11.1 Å². The minimum Gasteiger partial charge on any atom is -0.423 e. The molecule has 0 saturated carbocycles. The summed E-state index contributed by atoms with van der Waals surface area (Å²) in [5, 5.41) is 0. The minimum absolute atomic E-state index is 0.202. The van der Waals surface area contributed by atoms with Crippen molar-refractivity contribution in [2.24, 2.45) is 0 Å². The molecule has 0 saturated heterocycles. The Morgan fingerprint density at radius 1 is 0.941 bits per heavy atom. The molecule has 0 unspecified atom stereocenters. The number of ether oxygens (including phenoxy) is 1. The summed E-state index contributed by atoms with van der Waals surface area (Å²) in [5.74, 6) is -0.117. The maximum atomic E-state index is 11.8. The van der Waals surface area contributed by atoms with E-state index in [4.69, 9.17) is 4.74 Å². The molecule has 0 fully saturated rings. The molecule has 0 aliphatic rings. The first-order valence-electron chi connectivity index (χ1n) is 5.05. The van der Waals surface area contributed by atoms with E-state index in [0.29, 0.717) is 5.75 Å². The average molecular weight is 225 g/mol. The molecule has 0 aromatic heterocycles. The molecule has 2 aromatic carbocycles. The van der Waals surface area contributed by atoms with E-state index in [2.05, 4.69) is 0 Å². The van der Waals surface area contributed by atoms with E-state index in [1.165, 1.54) is 12.1 Å². The molecular formula is C14H9O3. The number of carbonyl (C=O) groups excluding carboxylic acids is 2. The lowest BCUT2D eigenvalue weighted by Gasteiger charge is -2.05. The summed E-state index contributed by atoms with van der Waals surface area (Å²) < 4.78 is 5.13. The molecule has 0 aliphatic heterocycles. The predicted molar refractivity (Wildman–Crippen MR) is 62.6 cm³/mol. The molecule has 17 heavy (non-hydrogen) atoms. The second-order valence-electron chi connectivity index (χ2n) is 3.35. The van der Waals surface area contributed by atoms with Gasteiger partial charge in [0, 0.05) is 5.56 Å². The molecule has 0 spiro atoms. The van der Waals surface area contributed by atoms with Crippen molar-refractivity contribution in [2.75, 3.05) is 0 Å². The molecule has 0 amide bonds. The molecule has 0 N–H and O–H groups in total. The van der Waals surface area contributed by atoms with Crippen LogP contribution in [-0.4, -0.2) is 12.3 Å². The fraction of sp³-hybridized carbons (Fsp3) is 0. The van der Waals surface area contributed by atoms with Crippen LogP contribution in [0.5, 0.6) is 5.75 Å². The zero-order valence-electron chi connectivity index (χ0n) is 8.92. The lowest BCUT2D eigenvalue weighted by molar-refractivity contribution is 0.0734. The molecule has 83 valence electrons. The maximum Gasteiger partial charge on any atom is 0.344 e. The van der Waals surface area contributed by atoms with Crippen LogP contribution >= 0.6 is 0 Å². The standard InChI is InChI=1S/C14H9O3/c15-10-11-6-4-5-9-13(11)14(16)17-12-7-2-1-3-8-12/h1-9H. The number of carbonyl (C=O) groups is 1. The van der Waals surface area contributed by atoms with Crippen LogP contribution in [0.15, 0.2) is 54.6 Å². The predicted octanol–water partition coefficient (Wildman–Crippen LogP) is 2.36. The molecule has 3 heteroatoms. The van der Waals surface area contributed by atoms with Gasteiger partial charge in [-0.3, -0.25) is 4.79 Å². The molecule has 3 nitrogen and oxygen atoms in total. The van der Waals surface area contributed by atoms with E-state index in [1.807, 2.05) is 6.07 Å². The van der Waals surface area contributed by atoms with Crippen LogP contribution in [0.4, 0.5) is 0 Å². The minimum atomic E-state index is -0.560. The highest BCUT2D eigenvalue weighted by atomic mass is 16.5. The largest absolute Gasteiger partial charge is 0.423 e. The molecule has 2 aromatic rings. The first kappa shape index (κ1) is 11.1. The van der Waals surface area contributed by atoms with Crippen LogP contribution in [-0.2, 0) is 4.79 Å². The maximum absolute atomic E-state index is 11.8. The molecule has 0 atom stereocenters. The van der Waals surface area contributed by atoms with Gasteiger partial charge in [-0.25, -0.2) is 4.79 Å². The van der Waals surface area contributed by atoms with Gasteiger partial charge in [0.2, 0.25) is 6.29 Å². The second-order valence-corrected chi connectivity index (χ2v) is 3.35. The van der Waals surface area contributed by atoms with Crippen molar-refractivity contribution in [1.29, 1.82) is 0 Å². The quantitative estimate of drug-likeness (QED) is 0.595. The van der Waals surface area contributed by atoms with Gasteiger partial charge in [-0.1, -0.05) is 36.4 Å². The first-order valence-corrected chi connectivity index (χ1v) is 5.05. The van der Waals surface area contributed by atoms with Gasteiger partial charge in [0.15, 0.2) is 0 Å². The Morgan fingerprint density at radius 2 is 1.59 bits per heavy atom. The van der Waals surface area contributed by atoms with Gasteiger partial charge in [-0.05, 0) is 18.2 Å². The number of esters is 1. The van der Waals surface area contributed by atoms with E-state index in [0.717, 1.165) is 0 Å². The summed E-state index contributed by atoms with van der Waals surface area (Å²) in [5.41, 5.74) is 0.416. The van der Waals surface area contributed by atoms with Gasteiger partial charge in [-0.2, -0.15) is 0 Å². The number of hydrogen-bond acceptors (Lipinski definition) is 3. The van der Waals surface area contributed by atoms with Gasteiger partial charge >= 0.3 is 5.97 Å². The Morgan fingerprint density at radius 3 is 2.29 bits per heavy atom. The van der Waals surface area contributed by atoms with Gasteiger partial charge in [0.25, 0.3) is 0 Å². The van der Waals surface area contributed by atoms with Gasteiger partial charge in [-0.15, -0.1) is 0 Å². The Bertz CT molecular complexity index is 532. The van der Waals surface area contributed by atoms with E-state index < -0.39 is 5.97 Å². The fourth-order valence-electron chi connectivity index (χ4n) is 1.40. The molecule has 0 heterocycles.